The van der Waals surface area contributed by atoms with Crippen LogP contribution in [0.2, 0.25) is 0 Å². The molecule has 0 spiro atoms. The fourth-order valence-electron chi connectivity index (χ4n) is 2.93. The number of ether oxygens (including phenoxy) is 2. The Morgan fingerprint density at radius 2 is 1.55 bits per heavy atom. The van der Waals surface area contributed by atoms with Crippen molar-refractivity contribution in [1.29, 1.82) is 0 Å². The topological polar surface area (TPSA) is 79.9 Å². The van der Waals surface area contributed by atoms with Crippen LogP contribution < -0.4 is 20.1 Å². The van der Waals surface area contributed by atoms with Crippen molar-refractivity contribution in [3.8, 4) is 11.5 Å². The lowest BCUT2D eigenvalue weighted by molar-refractivity contribution is -0.119. The molecule has 1 aliphatic heterocycles. The van der Waals surface area contributed by atoms with Crippen molar-refractivity contribution in [2.45, 2.75) is 13.8 Å². The Hall–Kier alpha value is -2.58. The molecule has 2 amide bonds. The summed E-state index contributed by atoms with van der Waals surface area (Å²) in [7, 11) is 0. The number of nitrogens with one attached hydrogen (secondary N) is 2. The van der Waals surface area contributed by atoms with Crippen molar-refractivity contribution in [1.82, 2.24) is 4.90 Å². The van der Waals surface area contributed by atoms with Crippen LogP contribution in [-0.2, 0) is 9.59 Å². The fraction of sp³-hybridized carbons (Fsp3) is 0.333. The largest absolute Gasteiger partial charge is 0.486 e. The van der Waals surface area contributed by atoms with Gasteiger partial charge in [-0.2, -0.15) is 0 Å². The van der Waals surface area contributed by atoms with E-state index in [9.17, 15) is 9.59 Å². The molecule has 0 aromatic heterocycles. The van der Waals surface area contributed by atoms with Gasteiger partial charge in [-0.15, -0.1) is 0 Å². The van der Waals surface area contributed by atoms with Crippen LogP contribution in [-0.4, -0.2) is 49.6 Å². The van der Waals surface area contributed by atoms with Gasteiger partial charge in [0.05, 0.1) is 13.1 Å². The second-order valence-corrected chi connectivity index (χ2v) is 7.58. The lowest BCUT2D eigenvalue weighted by Crippen LogP contribution is -2.38. The average Bonchev–Trinajstić information content (AvgIpc) is 2.70. The summed E-state index contributed by atoms with van der Waals surface area (Å²) in [5, 5.41) is 5.71. The molecule has 2 aromatic rings. The maximum absolute atomic E-state index is 12.4. The van der Waals surface area contributed by atoms with E-state index in [0.717, 1.165) is 15.7 Å². The summed E-state index contributed by atoms with van der Waals surface area (Å²) in [6, 6.07) is 10.9. The van der Waals surface area contributed by atoms with Crippen LogP contribution in [0.3, 0.4) is 0 Å². The maximum Gasteiger partial charge on any atom is 0.238 e. The number of nitrogens with zero attached hydrogens (tertiary/aromatic N) is 1. The number of hydrogen-bond acceptors (Lipinski definition) is 5. The van der Waals surface area contributed by atoms with Gasteiger partial charge in [-0.25, -0.2) is 0 Å². The number of carbonyl (C=O) groups excluding carboxylic acids is 2. The molecule has 2 aromatic carbocycles. The van der Waals surface area contributed by atoms with Crippen LogP contribution in [0.15, 0.2) is 40.9 Å². The number of carbonyl (C=O) groups is 2. The van der Waals surface area contributed by atoms with Gasteiger partial charge < -0.3 is 20.1 Å². The molecular weight excluding hydrogens is 438 g/mol. The number of hydrogen-bond donors (Lipinski definition) is 2. The summed E-state index contributed by atoms with van der Waals surface area (Å²) in [5.74, 6) is 0.923. The molecule has 7 nitrogen and oxygen atoms in total. The summed E-state index contributed by atoms with van der Waals surface area (Å²) in [6.07, 6.45) is 0. The van der Waals surface area contributed by atoms with Crippen LogP contribution in [0.1, 0.15) is 12.5 Å². The number of halogens is 1. The molecule has 29 heavy (non-hydrogen) atoms. The molecule has 154 valence electrons. The summed E-state index contributed by atoms with van der Waals surface area (Å²) >= 11 is 3.44. The highest BCUT2D eigenvalue weighted by Crippen LogP contribution is 2.32. The van der Waals surface area contributed by atoms with E-state index in [-0.39, 0.29) is 24.9 Å². The highest BCUT2D eigenvalue weighted by Gasteiger charge is 2.16. The highest BCUT2D eigenvalue weighted by atomic mass is 79.9. The minimum absolute atomic E-state index is 0.109. The highest BCUT2D eigenvalue weighted by molar-refractivity contribution is 9.10. The molecule has 0 fully saturated rings. The number of likely N-dealkylation sites (N-methyl/N-ethyl adjacent to an activating group) is 1. The Labute approximate surface area is 178 Å². The summed E-state index contributed by atoms with van der Waals surface area (Å²) in [5.41, 5.74) is 2.39. The third kappa shape index (κ3) is 5.95. The molecule has 0 aliphatic carbocycles. The third-order valence-electron chi connectivity index (χ3n) is 4.45. The Bertz CT molecular complexity index is 903. The van der Waals surface area contributed by atoms with Crippen molar-refractivity contribution in [3.63, 3.8) is 0 Å². The van der Waals surface area contributed by atoms with Crippen molar-refractivity contribution in [2.75, 3.05) is 43.5 Å². The van der Waals surface area contributed by atoms with Gasteiger partial charge in [0.1, 0.15) is 13.2 Å². The molecule has 0 unspecified atom stereocenters. The average molecular weight is 462 g/mol. The second-order valence-electron chi connectivity index (χ2n) is 6.72. The van der Waals surface area contributed by atoms with Gasteiger partial charge in [-0.1, -0.05) is 22.9 Å². The van der Waals surface area contributed by atoms with Crippen LogP contribution >= 0.6 is 15.9 Å². The van der Waals surface area contributed by atoms with Gasteiger partial charge in [-0.3, -0.25) is 14.5 Å². The standard InChI is InChI=1S/C21H24BrN3O4/c1-3-25(12-20(26)23-15-4-6-17(22)14(2)10-15)13-21(27)24-16-5-7-18-19(11-16)29-9-8-28-18/h4-7,10-11H,3,8-9,12-13H2,1-2H3,(H,23,26)(H,24,27). The predicted molar refractivity (Wildman–Crippen MR) is 116 cm³/mol. The van der Waals surface area contributed by atoms with Crippen molar-refractivity contribution < 1.29 is 19.1 Å². The first-order valence-electron chi connectivity index (χ1n) is 9.42. The van der Waals surface area contributed by atoms with Gasteiger partial charge in [0.15, 0.2) is 11.5 Å². The first-order chi connectivity index (χ1) is 13.9. The molecule has 2 N–H and O–H groups in total. The number of rotatable bonds is 7. The van der Waals surface area contributed by atoms with Gasteiger partial charge >= 0.3 is 0 Å². The molecule has 0 bridgehead atoms. The molecule has 0 saturated carbocycles. The van der Waals surface area contributed by atoms with Gasteiger partial charge in [0, 0.05) is 21.9 Å². The molecule has 0 saturated heterocycles. The van der Waals surface area contributed by atoms with E-state index >= 15 is 0 Å². The van der Waals surface area contributed by atoms with E-state index in [1.807, 2.05) is 32.0 Å². The minimum atomic E-state index is -0.198. The normalized spacial score (nSPS) is 12.6. The van der Waals surface area contributed by atoms with E-state index in [2.05, 4.69) is 26.6 Å². The van der Waals surface area contributed by atoms with E-state index in [1.165, 1.54) is 0 Å². The SMILES string of the molecule is CCN(CC(=O)Nc1ccc(Br)c(C)c1)CC(=O)Nc1ccc2c(c1)OCCO2. The zero-order valence-electron chi connectivity index (χ0n) is 16.5. The molecule has 1 heterocycles. The van der Waals surface area contributed by atoms with Gasteiger partial charge in [0.2, 0.25) is 11.8 Å². The number of amides is 2. The fourth-order valence-corrected chi connectivity index (χ4v) is 3.18. The lowest BCUT2D eigenvalue weighted by Gasteiger charge is -2.21. The van der Waals surface area contributed by atoms with E-state index in [4.69, 9.17) is 9.47 Å². The Morgan fingerprint density at radius 1 is 0.966 bits per heavy atom. The van der Waals surface area contributed by atoms with Crippen LogP contribution in [0.25, 0.3) is 0 Å². The van der Waals surface area contributed by atoms with Crippen molar-refractivity contribution >= 4 is 39.1 Å². The summed E-state index contributed by atoms with van der Waals surface area (Å²) in [6.45, 7) is 5.68. The number of benzene rings is 2. The molecular formula is C21H24BrN3O4. The summed E-state index contributed by atoms with van der Waals surface area (Å²) in [4.78, 5) is 26.5. The van der Waals surface area contributed by atoms with E-state index in [1.54, 1.807) is 23.1 Å². The van der Waals surface area contributed by atoms with Crippen LogP contribution in [0, 0.1) is 6.92 Å². The number of anilines is 2. The van der Waals surface area contributed by atoms with E-state index < -0.39 is 0 Å². The Morgan fingerprint density at radius 3 is 2.17 bits per heavy atom. The Balaban J connectivity index is 1.52. The minimum Gasteiger partial charge on any atom is -0.486 e. The number of aryl methyl sites for hydroxylation is 1. The van der Waals surface area contributed by atoms with Crippen LogP contribution in [0.5, 0.6) is 11.5 Å². The first kappa shape index (κ1) is 21.1. The maximum atomic E-state index is 12.4. The van der Waals surface area contributed by atoms with Crippen LogP contribution in [0.4, 0.5) is 11.4 Å². The Kier molecular flexibility index (Phi) is 7.11. The zero-order chi connectivity index (χ0) is 20.8. The van der Waals surface area contributed by atoms with Crippen molar-refractivity contribution in [3.05, 3.63) is 46.4 Å². The smallest absolute Gasteiger partial charge is 0.238 e. The molecule has 1 aliphatic rings. The van der Waals surface area contributed by atoms with Crippen molar-refractivity contribution in [2.24, 2.45) is 0 Å². The molecule has 8 heteroatoms. The monoisotopic (exact) mass is 461 g/mol. The molecule has 3 rings (SSSR count). The number of fused-ring (bicyclic) bond motifs is 1. The van der Waals surface area contributed by atoms with E-state index in [0.29, 0.717) is 36.9 Å². The molecule has 0 radical (unpaired) electrons. The first-order valence-corrected chi connectivity index (χ1v) is 10.2. The predicted octanol–water partition coefficient (Wildman–Crippen LogP) is 3.43. The zero-order valence-corrected chi connectivity index (χ0v) is 18.0. The quantitative estimate of drug-likeness (QED) is 0.659. The third-order valence-corrected chi connectivity index (χ3v) is 5.34. The summed E-state index contributed by atoms with van der Waals surface area (Å²) < 4.78 is 12.0. The van der Waals surface area contributed by atoms with Gasteiger partial charge in [0.25, 0.3) is 0 Å². The second kappa shape index (κ2) is 9.76. The lowest BCUT2D eigenvalue weighted by atomic mass is 10.2. The molecule has 0 atom stereocenters. The van der Waals surface area contributed by atoms with Gasteiger partial charge in [-0.05, 0) is 49.4 Å².